The fraction of sp³-hybridized carbons (Fsp3) is 0.0714. The number of hydrogen-bond donors (Lipinski definition) is 0. The highest BCUT2D eigenvalue weighted by Crippen LogP contribution is 2.52. The SMILES string of the molecule is CC1(C)c2ccccc2-c2cnc3c4ccccc4n(-c4cccc(-c5cc(-c6ccccc6)nc(-c6ccccc6)n5)c4)c3c21. The summed E-state index contributed by atoms with van der Waals surface area (Å²) in [6, 6.07) is 48.8. The molecule has 0 radical (unpaired) electrons. The van der Waals surface area contributed by atoms with Crippen LogP contribution in [-0.4, -0.2) is 19.5 Å². The summed E-state index contributed by atoms with van der Waals surface area (Å²) in [7, 11) is 0. The number of aromatic nitrogens is 4. The Labute approximate surface area is 267 Å². The van der Waals surface area contributed by atoms with Gasteiger partial charge in [-0.1, -0.05) is 129 Å². The highest BCUT2D eigenvalue weighted by atomic mass is 15.0. The second kappa shape index (κ2) is 10.1. The van der Waals surface area contributed by atoms with Gasteiger partial charge in [-0.25, -0.2) is 9.97 Å². The van der Waals surface area contributed by atoms with Crippen LogP contribution in [0.25, 0.3) is 72.7 Å². The van der Waals surface area contributed by atoms with Crippen molar-refractivity contribution in [1.82, 2.24) is 19.5 Å². The standard InChI is InChI=1S/C42H30N4/c1-42(2)34-22-11-9-20-31(34)33-26-43-39-32-21-10-12-23-37(32)46(40(39)38(33)42)30-19-13-18-29(24-30)36-25-35(27-14-5-3-6-15-27)44-41(45-36)28-16-7-4-8-17-28/h3-26H,1-2H3. The van der Waals surface area contributed by atoms with Gasteiger partial charge in [0, 0.05) is 44.9 Å². The van der Waals surface area contributed by atoms with E-state index in [1.807, 2.05) is 24.3 Å². The molecule has 1 aliphatic rings. The highest BCUT2D eigenvalue weighted by Gasteiger charge is 2.38. The van der Waals surface area contributed by atoms with Crippen molar-refractivity contribution >= 4 is 21.9 Å². The van der Waals surface area contributed by atoms with Crippen LogP contribution in [0, 0.1) is 0 Å². The third kappa shape index (κ3) is 3.97. The maximum Gasteiger partial charge on any atom is 0.160 e. The van der Waals surface area contributed by atoms with Crippen molar-refractivity contribution < 1.29 is 0 Å². The molecule has 0 aliphatic heterocycles. The summed E-state index contributed by atoms with van der Waals surface area (Å²) in [4.78, 5) is 15.2. The topological polar surface area (TPSA) is 43.6 Å². The Morgan fingerprint density at radius 2 is 1.22 bits per heavy atom. The van der Waals surface area contributed by atoms with Gasteiger partial charge in [-0.2, -0.15) is 0 Å². The number of rotatable bonds is 4. The molecule has 5 aromatic carbocycles. The van der Waals surface area contributed by atoms with E-state index >= 15 is 0 Å². The molecule has 4 heteroatoms. The van der Waals surface area contributed by atoms with Crippen molar-refractivity contribution in [2.24, 2.45) is 0 Å². The van der Waals surface area contributed by atoms with Crippen LogP contribution in [0.3, 0.4) is 0 Å². The summed E-state index contributed by atoms with van der Waals surface area (Å²) >= 11 is 0. The monoisotopic (exact) mass is 590 g/mol. The first-order chi connectivity index (χ1) is 22.6. The van der Waals surface area contributed by atoms with E-state index in [4.69, 9.17) is 15.0 Å². The molecule has 3 aromatic heterocycles. The van der Waals surface area contributed by atoms with E-state index in [2.05, 4.69) is 140 Å². The van der Waals surface area contributed by atoms with E-state index in [1.165, 1.54) is 22.3 Å². The van der Waals surface area contributed by atoms with E-state index < -0.39 is 0 Å². The fourth-order valence-corrected chi connectivity index (χ4v) is 7.28. The van der Waals surface area contributed by atoms with Gasteiger partial charge in [0.2, 0.25) is 0 Å². The Kier molecular flexibility index (Phi) is 5.81. The van der Waals surface area contributed by atoms with E-state index in [0.717, 1.165) is 55.7 Å². The van der Waals surface area contributed by atoms with Crippen LogP contribution in [-0.2, 0) is 5.41 Å². The zero-order valence-corrected chi connectivity index (χ0v) is 25.6. The summed E-state index contributed by atoms with van der Waals surface area (Å²) < 4.78 is 2.41. The third-order valence-electron chi connectivity index (χ3n) is 9.42. The Balaban J connectivity index is 1.30. The maximum atomic E-state index is 5.12. The van der Waals surface area contributed by atoms with Crippen LogP contribution in [0.2, 0.25) is 0 Å². The largest absolute Gasteiger partial charge is 0.307 e. The molecule has 4 nitrogen and oxygen atoms in total. The molecule has 0 saturated heterocycles. The summed E-state index contributed by atoms with van der Waals surface area (Å²) in [5.41, 5.74) is 14.2. The number of nitrogens with zero attached hydrogens (tertiary/aromatic N) is 4. The van der Waals surface area contributed by atoms with Crippen LogP contribution in [0.1, 0.15) is 25.0 Å². The van der Waals surface area contributed by atoms with Crippen molar-refractivity contribution in [3.8, 4) is 50.7 Å². The molecule has 0 amide bonds. The maximum absolute atomic E-state index is 5.12. The van der Waals surface area contributed by atoms with E-state index in [-0.39, 0.29) is 5.41 Å². The average molecular weight is 591 g/mol. The summed E-state index contributed by atoms with van der Waals surface area (Å²) in [5.74, 6) is 0.709. The fourth-order valence-electron chi connectivity index (χ4n) is 7.28. The molecule has 0 unspecified atom stereocenters. The second-order valence-electron chi connectivity index (χ2n) is 12.5. The van der Waals surface area contributed by atoms with Crippen LogP contribution >= 0.6 is 0 Å². The predicted molar refractivity (Wildman–Crippen MR) is 188 cm³/mol. The molecule has 0 N–H and O–H groups in total. The van der Waals surface area contributed by atoms with Crippen LogP contribution < -0.4 is 0 Å². The molecule has 218 valence electrons. The van der Waals surface area contributed by atoms with E-state index in [9.17, 15) is 0 Å². The van der Waals surface area contributed by atoms with Crippen LogP contribution in [0.5, 0.6) is 0 Å². The number of para-hydroxylation sites is 1. The van der Waals surface area contributed by atoms with Gasteiger partial charge in [0.15, 0.2) is 5.82 Å². The lowest BCUT2D eigenvalue weighted by molar-refractivity contribution is 0.663. The zero-order chi connectivity index (χ0) is 30.8. The zero-order valence-electron chi connectivity index (χ0n) is 25.6. The molecule has 0 saturated carbocycles. The first-order valence-electron chi connectivity index (χ1n) is 15.7. The molecule has 1 aliphatic carbocycles. The van der Waals surface area contributed by atoms with Crippen molar-refractivity contribution in [3.05, 3.63) is 157 Å². The second-order valence-corrected chi connectivity index (χ2v) is 12.5. The molecule has 9 rings (SSSR count). The first kappa shape index (κ1) is 26.5. The van der Waals surface area contributed by atoms with Gasteiger partial charge in [0.25, 0.3) is 0 Å². The highest BCUT2D eigenvalue weighted by molar-refractivity contribution is 6.10. The van der Waals surface area contributed by atoms with Gasteiger partial charge >= 0.3 is 0 Å². The van der Waals surface area contributed by atoms with Gasteiger partial charge < -0.3 is 4.57 Å². The number of fused-ring (bicyclic) bond motifs is 7. The first-order valence-corrected chi connectivity index (χ1v) is 15.7. The number of benzene rings is 5. The molecule has 0 atom stereocenters. The molecule has 46 heavy (non-hydrogen) atoms. The Hall–Kier alpha value is -5.87. The quantitative estimate of drug-likeness (QED) is 0.205. The smallest absolute Gasteiger partial charge is 0.160 e. The number of pyridine rings is 1. The van der Waals surface area contributed by atoms with Crippen molar-refractivity contribution in [2.75, 3.05) is 0 Å². The molecular weight excluding hydrogens is 560 g/mol. The summed E-state index contributed by atoms with van der Waals surface area (Å²) in [6.45, 7) is 4.68. The van der Waals surface area contributed by atoms with Gasteiger partial charge in [-0.15, -0.1) is 0 Å². The van der Waals surface area contributed by atoms with E-state index in [0.29, 0.717) is 5.82 Å². The van der Waals surface area contributed by atoms with Gasteiger partial charge in [-0.05, 0) is 41.0 Å². The van der Waals surface area contributed by atoms with Gasteiger partial charge in [0.05, 0.1) is 27.9 Å². The Morgan fingerprint density at radius 1 is 0.565 bits per heavy atom. The Morgan fingerprint density at radius 3 is 2.02 bits per heavy atom. The minimum atomic E-state index is -0.182. The molecule has 8 aromatic rings. The predicted octanol–water partition coefficient (Wildman–Crippen LogP) is 10.3. The van der Waals surface area contributed by atoms with Crippen LogP contribution in [0.4, 0.5) is 0 Å². The lowest BCUT2D eigenvalue weighted by atomic mass is 9.82. The third-order valence-corrected chi connectivity index (χ3v) is 9.42. The van der Waals surface area contributed by atoms with Gasteiger partial charge in [0.1, 0.15) is 0 Å². The molecule has 3 heterocycles. The molecular formula is C42H30N4. The number of hydrogen-bond acceptors (Lipinski definition) is 3. The molecule has 0 spiro atoms. The van der Waals surface area contributed by atoms with Crippen LogP contribution in [0.15, 0.2) is 146 Å². The van der Waals surface area contributed by atoms with E-state index in [1.54, 1.807) is 0 Å². The van der Waals surface area contributed by atoms with Crippen molar-refractivity contribution in [1.29, 1.82) is 0 Å². The minimum Gasteiger partial charge on any atom is -0.307 e. The van der Waals surface area contributed by atoms with Gasteiger partial charge in [-0.3, -0.25) is 4.98 Å². The lowest BCUT2D eigenvalue weighted by Crippen LogP contribution is -2.16. The average Bonchev–Trinajstić information content (AvgIpc) is 3.57. The lowest BCUT2D eigenvalue weighted by Gasteiger charge is -2.23. The van der Waals surface area contributed by atoms with Crippen molar-refractivity contribution in [2.45, 2.75) is 19.3 Å². The Bertz CT molecular complexity index is 2380. The van der Waals surface area contributed by atoms with Crippen molar-refractivity contribution in [3.63, 3.8) is 0 Å². The normalized spacial score (nSPS) is 13.2. The summed E-state index contributed by atoms with van der Waals surface area (Å²) in [6.07, 6.45) is 2.08. The minimum absolute atomic E-state index is 0.182. The molecule has 0 bridgehead atoms. The summed E-state index contributed by atoms with van der Waals surface area (Å²) in [5, 5.41) is 1.15. The molecule has 0 fully saturated rings.